The average Bonchev–Trinajstić information content (AvgIpc) is 3.50. The first-order valence-corrected chi connectivity index (χ1v) is 13.0. The SMILES string of the molecule is COc1ccc([C@@H]2CC(c3ccccc3)=NN2C2=NC(=O)[C@@H](CC(=O)Nc3ccc(C)cc3C)S2)cc1. The molecule has 8 heteroatoms. The van der Waals surface area contributed by atoms with Gasteiger partial charge in [-0.2, -0.15) is 10.1 Å². The van der Waals surface area contributed by atoms with Gasteiger partial charge < -0.3 is 10.1 Å². The number of aryl methyl sites for hydroxylation is 2. The molecular formula is C29H28N4O3S. The average molecular weight is 513 g/mol. The smallest absolute Gasteiger partial charge is 0.262 e. The van der Waals surface area contributed by atoms with E-state index in [4.69, 9.17) is 9.84 Å². The predicted molar refractivity (Wildman–Crippen MR) is 148 cm³/mol. The van der Waals surface area contributed by atoms with E-state index in [0.29, 0.717) is 11.6 Å². The number of amides is 2. The van der Waals surface area contributed by atoms with Crippen LogP contribution >= 0.6 is 11.8 Å². The first kappa shape index (κ1) is 24.8. The lowest BCUT2D eigenvalue weighted by molar-refractivity contribution is -0.121. The Labute approximate surface area is 220 Å². The zero-order valence-electron chi connectivity index (χ0n) is 21.0. The quantitative estimate of drug-likeness (QED) is 0.472. The molecule has 2 atom stereocenters. The van der Waals surface area contributed by atoms with Crippen molar-refractivity contribution in [1.82, 2.24) is 5.01 Å². The Balaban J connectivity index is 1.34. The number of rotatable bonds is 6. The number of thioether (sulfide) groups is 1. The van der Waals surface area contributed by atoms with E-state index in [9.17, 15) is 9.59 Å². The largest absolute Gasteiger partial charge is 0.497 e. The predicted octanol–water partition coefficient (Wildman–Crippen LogP) is 5.49. The molecule has 0 spiro atoms. The molecule has 0 aromatic heterocycles. The third-order valence-corrected chi connectivity index (χ3v) is 7.61. The van der Waals surface area contributed by atoms with Gasteiger partial charge in [-0.1, -0.05) is 71.9 Å². The fourth-order valence-electron chi connectivity index (χ4n) is 4.51. The van der Waals surface area contributed by atoms with Crippen molar-refractivity contribution < 1.29 is 14.3 Å². The summed E-state index contributed by atoms with van der Waals surface area (Å²) >= 11 is 1.30. The molecular weight excluding hydrogens is 484 g/mol. The van der Waals surface area contributed by atoms with Gasteiger partial charge in [0.1, 0.15) is 11.0 Å². The highest BCUT2D eigenvalue weighted by Gasteiger charge is 2.39. The number of benzene rings is 3. The minimum absolute atomic E-state index is 0.0418. The summed E-state index contributed by atoms with van der Waals surface area (Å²) in [5.41, 5.74) is 5.86. The topological polar surface area (TPSA) is 83.4 Å². The summed E-state index contributed by atoms with van der Waals surface area (Å²) in [5, 5.41) is 9.58. The number of anilines is 1. The summed E-state index contributed by atoms with van der Waals surface area (Å²) in [6.07, 6.45) is 0.710. The molecule has 1 N–H and O–H groups in total. The monoisotopic (exact) mass is 512 g/mol. The van der Waals surface area contributed by atoms with Crippen molar-refractivity contribution >= 4 is 40.1 Å². The van der Waals surface area contributed by atoms with Gasteiger partial charge >= 0.3 is 0 Å². The minimum Gasteiger partial charge on any atom is -0.497 e. The lowest BCUT2D eigenvalue weighted by Gasteiger charge is -2.23. The van der Waals surface area contributed by atoms with Gasteiger partial charge in [0.15, 0.2) is 5.17 Å². The van der Waals surface area contributed by atoms with Gasteiger partial charge in [-0.15, -0.1) is 0 Å². The van der Waals surface area contributed by atoms with Crippen LogP contribution in [0.5, 0.6) is 5.75 Å². The normalized spacial score (nSPS) is 19.0. The number of hydrazone groups is 1. The lowest BCUT2D eigenvalue weighted by Crippen LogP contribution is -2.25. The highest BCUT2D eigenvalue weighted by molar-refractivity contribution is 8.15. The van der Waals surface area contributed by atoms with Gasteiger partial charge in [0.2, 0.25) is 5.91 Å². The molecule has 2 aliphatic rings. The van der Waals surface area contributed by atoms with Crippen LogP contribution in [0.1, 0.15) is 41.1 Å². The number of hydrogen-bond acceptors (Lipinski definition) is 6. The van der Waals surface area contributed by atoms with Crippen LogP contribution < -0.4 is 10.1 Å². The summed E-state index contributed by atoms with van der Waals surface area (Å²) in [6, 6.07) is 23.6. The molecule has 0 saturated heterocycles. The Morgan fingerprint density at radius 1 is 1.08 bits per heavy atom. The maximum atomic E-state index is 12.8. The van der Waals surface area contributed by atoms with Gasteiger partial charge in [0, 0.05) is 18.5 Å². The third kappa shape index (κ3) is 5.44. The maximum absolute atomic E-state index is 12.8. The molecule has 2 heterocycles. The summed E-state index contributed by atoms with van der Waals surface area (Å²) in [6.45, 7) is 3.96. The van der Waals surface area contributed by atoms with Crippen molar-refractivity contribution in [2.75, 3.05) is 12.4 Å². The molecule has 188 valence electrons. The van der Waals surface area contributed by atoms with E-state index < -0.39 is 5.25 Å². The molecule has 0 fully saturated rings. The van der Waals surface area contributed by atoms with Crippen LogP contribution in [-0.4, -0.2) is 40.1 Å². The lowest BCUT2D eigenvalue weighted by atomic mass is 9.98. The number of hydrogen-bond donors (Lipinski definition) is 1. The van der Waals surface area contributed by atoms with Gasteiger partial charge in [-0.25, -0.2) is 5.01 Å². The Morgan fingerprint density at radius 3 is 2.54 bits per heavy atom. The Morgan fingerprint density at radius 2 is 1.84 bits per heavy atom. The molecule has 0 saturated carbocycles. The van der Waals surface area contributed by atoms with E-state index in [1.807, 2.05) is 91.7 Å². The van der Waals surface area contributed by atoms with E-state index >= 15 is 0 Å². The number of aliphatic imine (C=N–C) groups is 1. The Kier molecular flexibility index (Phi) is 7.10. The zero-order valence-corrected chi connectivity index (χ0v) is 21.8. The van der Waals surface area contributed by atoms with Crippen LogP contribution in [0.4, 0.5) is 5.69 Å². The van der Waals surface area contributed by atoms with Gasteiger partial charge in [-0.05, 0) is 48.7 Å². The fraction of sp³-hybridized carbons (Fsp3) is 0.241. The maximum Gasteiger partial charge on any atom is 0.262 e. The van der Waals surface area contributed by atoms with Crippen molar-refractivity contribution in [3.8, 4) is 5.75 Å². The highest BCUT2D eigenvalue weighted by Crippen LogP contribution is 2.39. The van der Waals surface area contributed by atoms with E-state index in [1.54, 1.807) is 7.11 Å². The number of carbonyl (C=O) groups excluding carboxylic acids is 2. The molecule has 0 bridgehead atoms. The summed E-state index contributed by atoms with van der Waals surface area (Å²) in [4.78, 5) is 30.0. The number of methoxy groups -OCH3 is 1. The molecule has 0 radical (unpaired) electrons. The summed E-state index contributed by atoms with van der Waals surface area (Å²) < 4.78 is 5.32. The van der Waals surface area contributed by atoms with Crippen LogP contribution in [-0.2, 0) is 9.59 Å². The molecule has 3 aromatic carbocycles. The van der Waals surface area contributed by atoms with Crippen LogP contribution in [0, 0.1) is 13.8 Å². The summed E-state index contributed by atoms with van der Waals surface area (Å²) in [7, 11) is 1.64. The first-order chi connectivity index (χ1) is 17.9. The molecule has 5 rings (SSSR count). The van der Waals surface area contributed by atoms with E-state index in [-0.39, 0.29) is 24.3 Å². The molecule has 0 unspecified atom stereocenters. The van der Waals surface area contributed by atoms with Crippen LogP contribution in [0.25, 0.3) is 0 Å². The van der Waals surface area contributed by atoms with Gasteiger partial charge in [-0.3, -0.25) is 9.59 Å². The number of amidine groups is 1. The molecule has 2 amide bonds. The number of nitrogens with one attached hydrogen (secondary N) is 1. The van der Waals surface area contributed by atoms with Crippen LogP contribution in [0.15, 0.2) is 82.9 Å². The number of nitrogens with zero attached hydrogens (tertiary/aromatic N) is 3. The second-order valence-electron chi connectivity index (χ2n) is 9.16. The Bertz CT molecular complexity index is 1390. The molecule has 7 nitrogen and oxygen atoms in total. The third-order valence-electron chi connectivity index (χ3n) is 6.47. The first-order valence-electron chi connectivity index (χ1n) is 12.1. The molecule has 2 aliphatic heterocycles. The van der Waals surface area contributed by atoms with E-state index in [1.165, 1.54) is 11.8 Å². The van der Waals surface area contributed by atoms with Gasteiger partial charge in [0.25, 0.3) is 5.91 Å². The molecule has 3 aromatic rings. The summed E-state index contributed by atoms with van der Waals surface area (Å²) in [5.74, 6) is 0.249. The zero-order chi connectivity index (χ0) is 25.9. The van der Waals surface area contributed by atoms with Gasteiger partial charge in [0.05, 0.1) is 18.9 Å². The van der Waals surface area contributed by atoms with Crippen LogP contribution in [0.2, 0.25) is 0 Å². The standard InChI is InChI=1S/C29H28N4O3S/c1-18-9-14-23(19(2)15-18)30-27(34)17-26-28(35)31-29(37-26)33-25(21-10-12-22(36-3)13-11-21)16-24(32-33)20-7-5-4-6-8-20/h4-15,25-26H,16-17H2,1-3H3,(H,30,34)/t25-,26+/m0/s1. The van der Waals surface area contributed by atoms with E-state index in [0.717, 1.165) is 39.4 Å². The number of ether oxygens (including phenoxy) is 1. The Hall–Kier alpha value is -3.91. The van der Waals surface area contributed by atoms with Crippen molar-refractivity contribution in [1.29, 1.82) is 0 Å². The van der Waals surface area contributed by atoms with Crippen molar-refractivity contribution in [3.63, 3.8) is 0 Å². The van der Waals surface area contributed by atoms with Crippen molar-refractivity contribution in [2.45, 2.75) is 38.0 Å². The van der Waals surface area contributed by atoms with E-state index in [2.05, 4.69) is 10.3 Å². The molecule has 37 heavy (non-hydrogen) atoms. The fourth-order valence-corrected chi connectivity index (χ4v) is 5.57. The van der Waals surface area contributed by atoms with Crippen LogP contribution in [0.3, 0.4) is 0 Å². The second kappa shape index (κ2) is 10.6. The second-order valence-corrected chi connectivity index (χ2v) is 10.3. The minimum atomic E-state index is -0.590. The highest BCUT2D eigenvalue weighted by atomic mass is 32.2. The number of carbonyl (C=O) groups is 2. The van der Waals surface area contributed by atoms with Crippen molar-refractivity contribution in [2.24, 2.45) is 10.1 Å². The van der Waals surface area contributed by atoms with Crippen molar-refractivity contribution in [3.05, 3.63) is 95.1 Å². The molecule has 0 aliphatic carbocycles.